The number of aliphatic hydroxyl groups is 1. The van der Waals surface area contributed by atoms with Crippen molar-refractivity contribution in [1.29, 1.82) is 0 Å². The van der Waals surface area contributed by atoms with Gasteiger partial charge in [-0.3, -0.25) is 4.40 Å². The van der Waals surface area contributed by atoms with Crippen molar-refractivity contribution in [1.82, 2.24) is 9.38 Å². The SMILES string of the molecule is CC(O)c1c(Cc2ccc(Cl)cc2)nc2ccc(Cl)cn12. The lowest BCUT2D eigenvalue weighted by atomic mass is 10.1. The van der Waals surface area contributed by atoms with Crippen molar-refractivity contribution in [3.63, 3.8) is 0 Å². The summed E-state index contributed by atoms with van der Waals surface area (Å²) >= 11 is 11.9. The van der Waals surface area contributed by atoms with Gasteiger partial charge < -0.3 is 5.11 Å². The molecule has 5 heteroatoms. The quantitative estimate of drug-likeness (QED) is 0.781. The van der Waals surface area contributed by atoms with Crippen LogP contribution >= 0.6 is 23.2 Å². The third-order valence-corrected chi connectivity index (χ3v) is 3.85. The molecule has 108 valence electrons. The predicted molar refractivity (Wildman–Crippen MR) is 85.1 cm³/mol. The molecule has 3 aromatic rings. The van der Waals surface area contributed by atoms with Crippen LogP contribution in [-0.2, 0) is 6.42 Å². The van der Waals surface area contributed by atoms with Crippen LogP contribution in [0.3, 0.4) is 0 Å². The molecule has 0 saturated heterocycles. The summed E-state index contributed by atoms with van der Waals surface area (Å²) in [5, 5.41) is 11.4. The van der Waals surface area contributed by atoms with Crippen molar-refractivity contribution in [3.05, 3.63) is 69.6 Å². The first kappa shape index (κ1) is 14.4. The zero-order valence-electron chi connectivity index (χ0n) is 11.4. The van der Waals surface area contributed by atoms with Crippen molar-refractivity contribution in [3.8, 4) is 0 Å². The van der Waals surface area contributed by atoms with E-state index < -0.39 is 6.10 Å². The molecule has 1 unspecified atom stereocenters. The maximum Gasteiger partial charge on any atom is 0.137 e. The summed E-state index contributed by atoms with van der Waals surface area (Å²) < 4.78 is 1.85. The van der Waals surface area contributed by atoms with Gasteiger partial charge in [0.05, 0.1) is 22.5 Å². The molecule has 1 aromatic carbocycles. The molecule has 0 aliphatic heterocycles. The second kappa shape index (κ2) is 5.68. The molecule has 21 heavy (non-hydrogen) atoms. The van der Waals surface area contributed by atoms with Gasteiger partial charge in [0.2, 0.25) is 0 Å². The molecule has 2 heterocycles. The van der Waals surface area contributed by atoms with E-state index in [-0.39, 0.29) is 0 Å². The van der Waals surface area contributed by atoms with E-state index in [0.29, 0.717) is 16.5 Å². The van der Waals surface area contributed by atoms with Gasteiger partial charge in [0.1, 0.15) is 5.65 Å². The van der Waals surface area contributed by atoms with Gasteiger partial charge in [-0.25, -0.2) is 4.98 Å². The smallest absolute Gasteiger partial charge is 0.137 e. The van der Waals surface area contributed by atoms with Gasteiger partial charge in [-0.15, -0.1) is 0 Å². The normalized spacial score (nSPS) is 12.8. The fourth-order valence-electron chi connectivity index (χ4n) is 2.45. The summed E-state index contributed by atoms with van der Waals surface area (Å²) in [7, 11) is 0. The Hall–Kier alpha value is -1.55. The lowest BCUT2D eigenvalue weighted by Crippen LogP contribution is -2.02. The van der Waals surface area contributed by atoms with Crippen molar-refractivity contribution in [2.75, 3.05) is 0 Å². The highest BCUT2D eigenvalue weighted by molar-refractivity contribution is 6.30. The molecule has 0 bridgehead atoms. The number of hydrogen-bond donors (Lipinski definition) is 1. The first-order chi connectivity index (χ1) is 10.0. The first-order valence-corrected chi connectivity index (χ1v) is 7.39. The number of aliphatic hydroxyl groups excluding tert-OH is 1. The molecule has 0 saturated carbocycles. The van der Waals surface area contributed by atoms with E-state index in [1.165, 1.54) is 0 Å². The highest BCUT2D eigenvalue weighted by Crippen LogP contribution is 2.24. The number of pyridine rings is 1. The highest BCUT2D eigenvalue weighted by atomic mass is 35.5. The van der Waals surface area contributed by atoms with E-state index in [1.54, 1.807) is 19.2 Å². The van der Waals surface area contributed by atoms with Gasteiger partial charge in [0, 0.05) is 17.6 Å². The number of nitrogens with zero attached hydrogens (tertiary/aromatic N) is 2. The van der Waals surface area contributed by atoms with Crippen LogP contribution in [0.2, 0.25) is 10.0 Å². The number of hydrogen-bond acceptors (Lipinski definition) is 2. The van der Waals surface area contributed by atoms with E-state index in [9.17, 15) is 5.11 Å². The van der Waals surface area contributed by atoms with Crippen molar-refractivity contribution >= 4 is 28.8 Å². The number of halogens is 2. The average Bonchev–Trinajstić information content (AvgIpc) is 2.78. The fraction of sp³-hybridized carbons (Fsp3) is 0.188. The Bertz CT molecular complexity index is 779. The zero-order chi connectivity index (χ0) is 15.0. The fourth-order valence-corrected chi connectivity index (χ4v) is 2.74. The van der Waals surface area contributed by atoms with Crippen molar-refractivity contribution in [2.45, 2.75) is 19.4 Å². The van der Waals surface area contributed by atoms with E-state index in [1.807, 2.05) is 34.7 Å². The monoisotopic (exact) mass is 320 g/mol. The highest BCUT2D eigenvalue weighted by Gasteiger charge is 2.17. The topological polar surface area (TPSA) is 37.5 Å². The minimum absolute atomic E-state index is 0.611. The van der Waals surface area contributed by atoms with Crippen LogP contribution in [0.4, 0.5) is 0 Å². The number of rotatable bonds is 3. The van der Waals surface area contributed by atoms with Crippen LogP contribution in [0.15, 0.2) is 42.6 Å². The van der Waals surface area contributed by atoms with Gasteiger partial charge in [0.15, 0.2) is 0 Å². The van der Waals surface area contributed by atoms with Gasteiger partial charge in [-0.1, -0.05) is 35.3 Å². The van der Waals surface area contributed by atoms with Crippen LogP contribution in [0.1, 0.15) is 30.0 Å². The predicted octanol–water partition coefficient (Wildman–Crippen LogP) is 4.29. The molecule has 3 rings (SSSR count). The maximum atomic E-state index is 10.1. The molecule has 1 N–H and O–H groups in total. The summed E-state index contributed by atoms with van der Waals surface area (Å²) in [5.41, 5.74) is 3.48. The molecular formula is C16H14Cl2N2O. The summed E-state index contributed by atoms with van der Waals surface area (Å²) in [6.45, 7) is 1.73. The van der Waals surface area contributed by atoms with Gasteiger partial charge >= 0.3 is 0 Å². The first-order valence-electron chi connectivity index (χ1n) is 6.63. The molecule has 3 nitrogen and oxygen atoms in total. The molecule has 2 aromatic heterocycles. The van der Waals surface area contributed by atoms with Crippen LogP contribution in [0.25, 0.3) is 5.65 Å². The second-order valence-electron chi connectivity index (χ2n) is 5.00. The Morgan fingerprint density at radius 2 is 1.76 bits per heavy atom. The van der Waals surface area contributed by atoms with Crippen molar-refractivity contribution < 1.29 is 5.11 Å². The third-order valence-electron chi connectivity index (χ3n) is 3.38. The molecule has 1 atom stereocenters. The van der Waals surface area contributed by atoms with Crippen LogP contribution in [0, 0.1) is 0 Å². The third kappa shape index (κ3) is 2.91. The lowest BCUT2D eigenvalue weighted by molar-refractivity contribution is 0.192. The molecule has 0 radical (unpaired) electrons. The standard InChI is InChI=1S/C16H14Cl2N2O/c1-10(21)16-14(8-11-2-4-12(17)5-3-11)19-15-7-6-13(18)9-20(15)16/h2-7,9-10,21H,8H2,1H3. The van der Waals surface area contributed by atoms with Gasteiger partial charge in [-0.2, -0.15) is 0 Å². The molecular weight excluding hydrogens is 307 g/mol. The zero-order valence-corrected chi connectivity index (χ0v) is 12.9. The molecule has 0 aliphatic carbocycles. The Kier molecular flexibility index (Phi) is 3.89. The number of fused-ring (bicyclic) bond motifs is 1. The van der Waals surface area contributed by atoms with E-state index in [2.05, 4.69) is 4.98 Å². The largest absolute Gasteiger partial charge is 0.387 e. The van der Waals surface area contributed by atoms with Gasteiger partial charge in [0.25, 0.3) is 0 Å². The van der Waals surface area contributed by atoms with Crippen LogP contribution < -0.4 is 0 Å². The Balaban J connectivity index is 2.08. The van der Waals surface area contributed by atoms with E-state index in [4.69, 9.17) is 23.2 Å². The Morgan fingerprint density at radius 1 is 1.10 bits per heavy atom. The summed E-state index contributed by atoms with van der Waals surface area (Å²) in [4.78, 5) is 4.60. The second-order valence-corrected chi connectivity index (χ2v) is 5.87. The molecule has 0 aliphatic rings. The van der Waals surface area contributed by atoms with Crippen LogP contribution in [0.5, 0.6) is 0 Å². The summed E-state index contributed by atoms with van der Waals surface area (Å²) in [6, 6.07) is 11.3. The number of benzene rings is 1. The van der Waals surface area contributed by atoms with E-state index in [0.717, 1.165) is 22.6 Å². The van der Waals surface area contributed by atoms with Gasteiger partial charge in [-0.05, 0) is 36.8 Å². The van der Waals surface area contributed by atoms with E-state index >= 15 is 0 Å². The average molecular weight is 321 g/mol. The lowest BCUT2D eigenvalue weighted by Gasteiger charge is -2.08. The summed E-state index contributed by atoms with van der Waals surface area (Å²) in [5.74, 6) is 0. The Morgan fingerprint density at radius 3 is 2.43 bits per heavy atom. The molecule has 0 fully saturated rings. The minimum Gasteiger partial charge on any atom is -0.387 e. The molecule has 0 spiro atoms. The summed E-state index contributed by atoms with van der Waals surface area (Å²) in [6.07, 6.45) is 1.79. The number of aromatic nitrogens is 2. The van der Waals surface area contributed by atoms with Crippen molar-refractivity contribution in [2.24, 2.45) is 0 Å². The Labute approximate surface area is 132 Å². The minimum atomic E-state index is -0.624. The number of imidazole rings is 1. The molecule has 0 amide bonds. The van der Waals surface area contributed by atoms with Crippen LogP contribution in [-0.4, -0.2) is 14.5 Å². The maximum absolute atomic E-state index is 10.1.